The molecule has 0 radical (unpaired) electrons. The van der Waals surface area contributed by atoms with Gasteiger partial charge in [-0.05, 0) is 68.4 Å². The van der Waals surface area contributed by atoms with E-state index in [2.05, 4.69) is 9.97 Å². The fourth-order valence-electron chi connectivity index (χ4n) is 4.16. The van der Waals surface area contributed by atoms with Crippen LogP contribution in [0.2, 0.25) is 0 Å². The molecule has 162 valence electrons. The van der Waals surface area contributed by atoms with Crippen molar-refractivity contribution in [1.82, 2.24) is 9.97 Å². The number of hydrogen-bond acceptors (Lipinski definition) is 8. The molecular formula is C23H25N3O4S. The molecule has 1 unspecified atom stereocenters. The molecule has 8 heteroatoms. The number of nitrogens with zero attached hydrogens (tertiary/aromatic N) is 2. The fourth-order valence-corrected chi connectivity index (χ4v) is 5.45. The Morgan fingerprint density at radius 2 is 2.00 bits per heavy atom. The Hall–Kier alpha value is -2.71. The monoisotopic (exact) mass is 439 g/mol. The molecule has 3 heterocycles. The lowest BCUT2D eigenvalue weighted by atomic mass is 9.97. The van der Waals surface area contributed by atoms with E-state index in [1.807, 2.05) is 0 Å². The number of carbonyl (C=O) groups excluding carboxylic acids is 1. The van der Waals surface area contributed by atoms with Gasteiger partial charge >= 0.3 is 5.97 Å². The maximum atomic E-state index is 12.4. The molecular weight excluding hydrogens is 414 g/mol. The molecule has 0 bridgehead atoms. The van der Waals surface area contributed by atoms with E-state index < -0.39 is 5.97 Å². The van der Waals surface area contributed by atoms with Crippen LogP contribution < -0.4 is 10.5 Å². The second kappa shape index (κ2) is 8.80. The van der Waals surface area contributed by atoms with Gasteiger partial charge in [0.15, 0.2) is 12.4 Å². The largest absolute Gasteiger partial charge is 0.491 e. The lowest BCUT2D eigenvalue weighted by molar-refractivity contribution is 0.0462. The molecule has 5 rings (SSSR count). The minimum atomic E-state index is -0.432. The number of nitrogen functional groups attached to an aromatic ring is 1. The zero-order chi connectivity index (χ0) is 21.2. The second-order valence-electron chi connectivity index (χ2n) is 7.96. The van der Waals surface area contributed by atoms with Crippen LogP contribution in [0.3, 0.4) is 0 Å². The number of aryl methyl sites for hydroxylation is 2. The highest BCUT2D eigenvalue weighted by Crippen LogP contribution is 2.37. The van der Waals surface area contributed by atoms with Gasteiger partial charge in [-0.2, -0.15) is 0 Å². The van der Waals surface area contributed by atoms with Crippen LogP contribution in [0.15, 0.2) is 24.3 Å². The van der Waals surface area contributed by atoms with Crippen LogP contribution in [0.5, 0.6) is 5.75 Å². The van der Waals surface area contributed by atoms with E-state index in [4.69, 9.17) is 19.9 Å². The first-order valence-electron chi connectivity index (χ1n) is 10.8. The topological polar surface area (TPSA) is 96.6 Å². The SMILES string of the molecule is Nc1nc(COC(=O)c2ccc(OCC3CCCO3)cc2)nc2sc3c(c12)CCCC3. The van der Waals surface area contributed by atoms with Gasteiger partial charge < -0.3 is 19.9 Å². The molecule has 1 aliphatic heterocycles. The van der Waals surface area contributed by atoms with E-state index in [-0.39, 0.29) is 12.7 Å². The van der Waals surface area contributed by atoms with Crippen molar-refractivity contribution in [3.63, 3.8) is 0 Å². The molecule has 0 saturated carbocycles. The lowest BCUT2D eigenvalue weighted by Crippen LogP contribution is -2.16. The molecule has 1 atom stereocenters. The van der Waals surface area contributed by atoms with Crippen LogP contribution in [-0.2, 0) is 28.9 Å². The van der Waals surface area contributed by atoms with Crippen LogP contribution in [0.4, 0.5) is 5.82 Å². The van der Waals surface area contributed by atoms with E-state index in [1.54, 1.807) is 35.6 Å². The predicted molar refractivity (Wildman–Crippen MR) is 118 cm³/mol. The molecule has 0 amide bonds. The molecule has 1 fully saturated rings. The Bertz CT molecular complexity index is 1090. The van der Waals surface area contributed by atoms with Crippen molar-refractivity contribution in [2.45, 2.75) is 51.2 Å². The van der Waals surface area contributed by atoms with Crippen molar-refractivity contribution in [3.05, 3.63) is 46.1 Å². The predicted octanol–water partition coefficient (Wildman–Crippen LogP) is 4.07. The number of thiophene rings is 1. The highest BCUT2D eigenvalue weighted by atomic mass is 32.1. The van der Waals surface area contributed by atoms with Gasteiger partial charge in [-0.25, -0.2) is 14.8 Å². The van der Waals surface area contributed by atoms with Gasteiger partial charge in [0.2, 0.25) is 0 Å². The van der Waals surface area contributed by atoms with Crippen molar-refractivity contribution in [2.24, 2.45) is 0 Å². The van der Waals surface area contributed by atoms with Crippen LogP contribution >= 0.6 is 11.3 Å². The Morgan fingerprint density at radius 1 is 1.16 bits per heavy atom. The molecule has 2 aliphatic rings. The van der Waals surface area contributed by atoms with Crippen molar-refractivity contribution >= 4 is 33.3 Å². The number of esters is 1. The van der Waals surface area contributed by atoms with E-state index in [1.165, 1.54) is 23.3 Å². The number of anilines is 1. The van der Waals surface area contributed by atoms with E-state index in [9.17, 15) is 4.79 Å². The Kier molecular flexibility index (Phi) is 5.74. The van der Waals surface area contributed by atoms with Crippen LogP contribution in [0.25, 0.3) is 10.2 Å². The first kappa shape index (κ1) is 20.2. The van der Waals surface area contributed by atoms with E-state index in [0.717, 1.165) is 42.5 Å². The van der Waals surface area contributed by atoms with Crippen LogP contribution in [0, 0.1) is 0 Å². The third kappa shape index (κ3) is 4.36. The van der Waals surface area contributed by atoms with Crippen LogP contribution in [-0.4, -0.2) is 35.3 Å². The van der Waals surface area contributed by atoms with Gasteiger partial charge in [0, 0.05) is 11.5 Å². The quantitative estimate of drug-likeness (QED) is 0.578. The summed E-state index contributed by atoms with van der Waals surface area (Å²) in [5, 5.41) is 0.980. The molecule has 2 N–H and O–H groups in total. The molecule has 1 aliphatic carbocycles. The Labute approximate surface area is 184 Å². The summed E-state index contributed by atoms with van der Waals surface area (Å²) >= 11 is 1.68. The molecule has 1 aromatic carbocycles. The number of nitrogens with two attached hydrogens (primary N) is 1. The smallest absolute Gasteiger partial charge is 0.338 e. The van der Waals surface area contributed by atoms with Crippen molar-refractivity contribution in [3.8, 4) is 5.75 Å². The van der Waals surface area contributed by atoms with Crippen molar-refractivity contribution < 1.29 is 19.0 Å². The maximum Gasteiger partial charge on any atom is 0.338 e. The number of aromatic nitrogens is 2. The number of rotatable bonds is 6. The van der Waals surface area contributed by atoms with Gasteiger partial charge in [0.1, 0.15) is 23.0 Å². The number of fused-ring (bicyclic) bond motifs is 3. The minimum absolute atomic E-state index is 0.0151. The van der Waals surface area contributed by atoms with Gasteiger partial charge in [0.25, 0.3) is 0 Å². The molecule has 31 heavy (non-hydrogen) atoms. The molecule has 7 nitrogen and oxygen atoms in total. The number of ether oxygens (including phenoxy) is 3. The number of hydrogen-bond donors (Lipinski definition) is 1. The number of benzene rings is 1. The zero-order valence-electron chi connectivity index (χ0n) is 17.3. The minimum Gasteiger partial charge on any atom is -0.491 e. The average molecular weight is 440 g/mol. The van der Waals surface area contributed by atoms with Crippen LogP contribution in [0.1, 0.15) is 52.3 Å². The number of carbonyl (C=O) groups is 1. The summed E-state index contributed by atoms with van der Waals surface area (Å²) in [4.78, 5) is 23.7. The fraction of sp³-hybridized carbons (Fsp3) is 0.435. The summed E-state index contributed by atoms with van der Waals surface area (Å²) in [6.45, 7) is 1.31. The maximum absolute atomic E-state index is 12.4. The highest BCUT2D eigenvalue weighted by Gasteiger charge is 2.21. The zero-order valence-corrected chi connectivity index (χ0v) is 18.1. The van der Waals surface area contributed by atoms with Crippen molar-refractivity contribution in [1.29, 1.82) is 0 Å². The third-order valence-electron chi connectivity index (χ3n) is 5.77. The molecule has 0 spiro atoms. The van der Waals surface area contributed by atoms with Gasteiger partial charge in [-0.3, -0.25) is 0 Å². The lowest BCUT2D eigenvalue weighted by Gasteiger charge is -2.12. The summed E-state index contributed by atoms with van der Waals surface area (Å²) < 4.78 is 16.7. The first-order chi connectivity index (χ1) is 15.2. The standard InChI is InChI=1S/C23H25N3O4S/c24-21-20-17-5-1-2-6-18(17)31-22(20)26-19(25-21)13-30-23(27)14-7-9-15(10-8-14)29-12-16-4-3-11-28-16/h7-10,16H,1-6,11-13H2,(H2,24,25,26). The second-order valence-corrected chi connectivity index (χ2v) is 9.05. The summed E-state index contributed by atoms with van der Waals surface area (Å²) in [7, 11) is 0. The summed E-state index contributed by atoms with van der Waals surface area (Å²) in [6.07, 6.45) is 6.75. The molecule has 3 aromatic rings. The molecule has 1 saturated heterocycles. The van der Waals surface area contributed by atoms with E-state index >= 15 is 0 Å². The highest BCUT2D eigenvalue weighted by molar-refractivity contribution is 7.19. The summed E-state index contributed by atoms with van der Waals surface area (Å²) in [6, 6.07) is 6.92. The van der Waals surface area contributed by atoms with Gasteiger partial charge in [0.05, 0.1) is 17.1 Å². The molecule has 2 aromatic heterocycles. The van der Waals surface area contributed by atoms with Gasteiger partial charge in [-0.1, -0.05) is 0 Å². The van der Waals surface area contributed by atoms with E-state index in [0.29, 0.717) is 29.6 Å². The Balaban J connectivity index is 1.21. The first-order valence-corrected chi connectivity index (χ1v) is 11.6. The van der Waals surface area contributed by atoms with Gasteiger partial charge in [-0.15, -0.1) is 11.3 Å². The van der Waals surface area contributed by atoms with Crippen molar-refractivity contribution in [2.75, 3.05) is 18.9 Å². The average Bonchev–Trinajstić information content (AvgIpc) is 3.44. The normalized spacial score (nSPS) is 18.1. The summed E-state index contributed by atoms with van der Waals surface area (Å²) in [5.41, 5.74) is 7.97. The summed E-state index contributed by atoms with van der Waals surface area (Å²) in [5.74, 6) is 1.17. The Morgan fingerprint density at radius 3 is 2.81 bits per heavy atom. The third-order valence-corrected chi connectivity index (χ3v) is 6.96.